The van der Waals surface area contributed by atoms with Gasteiger partial charge in [0.1, 0.15) is 0 Å². The van der Waals surface area contributed by atoms with Crippen LogP contribution in [0.15, 0.2) is 24.3 Å². The number of amides is 1. The minimum atomic E-state index is -0.0810. The lowest BCUT2D eigenvalue weighted by molar-refractivity contribution is -0.121. The fourth-order valence-corrected chi connectivity index (χ4v) is 1.39. The van der Waals surface area contributed by atoms with Gasteiger partial charge in [-0.2, -0.15) is 0 Å². The maximum atomic E-state index is 11.3. The van der Waals surface area contributed by atoms with E-state index in [0.29, 0.717) is 13.0 Å². The Morgan fingerprint density at radius 2 is 2.27 bits per heavy atom. The van der Waals surface area contributed by atoms with Crippen LogP contribution in [-0.4, -0.2) is 11.9 Å². The topological polar surface area (TPSA) is 55.1 Å². The fraction of sp³-hybridized carbons (Fsp3) is 0.417. The zero-order valence-electron chi connectivity index (χ0n) is 9.29. The Morgan fingerprint density at radius 1 is 1.53 bits per heavy atom. The third-order valence-electron chi connectivity index (χ3n) is 2.08. The van der Waals surface area contributed by atoms with E-state index in [-0.39, 0.29) is 11.9 Å². The molecule has 1 unspecified atom stereocenters. The van der Waals surface area contributed by atoms with Crippen LogP contribution in [0.5, 0.6) is 0 Å². The van der Waals surface area contributed by atoms with Gasteiger partial charge in [-0.15, -0.1) is 0 Å². The van der Waals surface area contributed by atoms with Gasteiger partial charge in [0.2, 0.25) is 5.91 Å². The number of carbonyl (C=O) groups excluding carboxylic acids is 1. The molecule has 0 saturated heterocycles. The predicted molar refractivity (Wildman–Crippen MR) is 61.3 cm³/mol. The zero-order valence-corrected chi connectivity index (χ0v) is 9.29. The number of nitrogens with one attached hydrogen (secondary N) is 1. The van der Waals surface area contributed by atoms with E-state index in [4.69, 9.17) is 5.73 Å². The SMILES string of the molecule is Cc1cccc(CNC(=O)CC(C)N)c1. The molecule has 0 fully saturated rings. The molecule has 0 radical (unpaired) electrons. The summed E-state index contributed by atoms with van der Waals surface area (Å²) in [6.07, 6.45) is 0.381. The number of rotatable bonds is 4. The van der Waals surface area contributed by atoms with E-state index in [2.05, 4.69) is 11.4 Å². The van der Waals surface area contributed by atoms with E-state index >= 15 is 0 Å². The van der Waals surface area contributed by atoms with Gasteiger partial charge in [-0.25, -0.2) is 0 Å². The highest BCUT2D eigenvalue weighted by atomic mass is 16.1. The third kappa shape index (κ3) is 4.61. The molecule has 1 amide bonds. The standard InChI is InChI=1S/C12H18N2O/c1-9-4-3-5-11(6-9)8-14-12(15)7-10(2)13/h3-6,10H,7-8,13H2,1-2H3,(H,14,15). The first-order valence-corrected chi connectivity index (χ1v) is 5.16. The van der Waals surface area contributed by atoms with Crippen molar-refractivity contribution >= 4 is 5.91 Å². The normalized spacial score (nSPS) is 12.2. The van der Waals surface area contributed by atoms with Gasteiger partial charge >= 0.3 is 0 Å². The van der Waals surface area contributed by atoms with E-state index < -0.39 is 0 Å². The first-order chi connectivity index (χ1) is 7.08. The van der Waals surface area contributed by atoms with Crippen molar-refractivity contribution in [2.45, 2.75) is 32.9 Å². The molecule has 0 aliphatic rings. The lowest BCUT2D eigenvalue weighted by Gasteiger charge is -2.07. The Morgan fingerprint density at radius 3 is 2.87 bits per heavy atom. The van der Waals surface area contributed by atoms with Crippen LogP contribution in [0.25, 0.3) is 0 Å². The average molecular weight is 206 g/mol. The minimum Gasteiger partial charge on any atom is -0.352 e. The van der Waals surface area contributed by atoms with Crippen molar-refractivity contribution in [1.82, 2.24) is 5.32 Å². The summed E-state index contributed by atoms with van der Waals surface area (Å²) in [6, 6.07) is 8.00. The number of nitrogens with two attached hydrogens (primary N) is 1. The number of hydrogen-bond acceptors (Lipinski definition) is 2. The molecule has 3 N–H and O–H groups in total. The summed E-state index contributed by atoms with van der Waals surface area (Å²) in [6.45, 7) is 4.44. The summed E-state index contributed by atoms with van der Waals surface area (Å²) in [5.74, 6) is 0.00602. The molecule has 0 aromatic heterocycles. The highest BCUT2D eigenvalue weighted by Crippen LogP contribution is 2.03. The van der Waals surface area contributed by atoms with Crippen molar-refractivity contribution in [3.05, 3.63) is 35.4 Å². The van der Waals surface area contributed by atoms with Crippen LogP contribution in [0, 0.1) is 6.92 Å². The molecule has 3 heteroatoms. The molecule has 0 aliphatic carbocycles. The Bertz CT molecular complexity index is 334. The minimum absolute atomic E-state index is 0.00602. The molecule has 1 rings (SSSR count). The van der Waals surface area contributed by atoms with Crippen LogP contribution < -0.4 is 11.1 Å². The van der Waals surface area contributed by atoms with Crippen molar-refractivity contribution in [3.8, 4) is 0 Å². The summed E-state index contributed by atoms with van der Waals surface area (Å²) in [5.41, 5.74) is 7.85. The van der Waals surface area contributed by atoms with Crippen LogP contribution in [0.2, 0.25) is 0 Å². The second kappa shape index (κ2) is 5.51. The molecular formula is C12H18N2O. The van der Waals surface area contributed by atoms with Gasteiger partial charge in [0, 0.05) is 19.0 Å². The van der Waals surface area contributed by atoms with E-state index in [0.717, 1.165) is 5.56 Å². The highest BCUT2D eigenvalue weighted by molar-refractivity contribution is 5.76. The first kappa shape index (κ1) is 11.7. The van der Waals surface area contributed by atoms with Gasteiger partial charge in [0.25, 0.3) is 0 Å². The van der Waals surface area contributed by atoms with E-state index in [1.54, 1.807) is 0 Å². The Kier molecular flexibility index (Phi) is 4.31. The molecule has 0 saturated carbocycles. The number of hydrogen-bond donors (Lipinski definition) is 2. The molecule has 82 valence electrons. The van der Waals surface area contributed by atoms with Gasteiger partial charge in [-0.1, -0.05) is 29.8 Å². The number of aryl methyl sites for hydroxylation is 1. The second-order valence-electron chi connectivity index (χ2n) is 3.95. The largest absolute Gasteiger partial charge is 0.352 e. The van der Waals surface area contributed by atoms with Crippen molar-refractivity contribution in [3.63, 3.8) is 0 Å². The summed E-state index contributed by atoms with van der Waals surface area (Å²) in [5, 5.41) is 2.84. The summed E-state index contributed by atoms with van der Waals surface area (Å²) < 4.78 is 0. The molecule has 0 heterocycles. The smallest absolute Gasteiger partial charge is 0.221 e. The fourth-order valence-electron chi connectivity index (χ4n) is 1.39. The van der Waals surface area contributed by atoms with Crippen LogP contribution in [0.3, 0.4) is 0 Å². The molecule has 0 aliphatic heterocycles. The summed E-state index contributed by atoms with van der Waals surface area (Å²) in [4.78, 5) is 11.3. The highest BCUT2D eigenvalue weighted by Gasteiger charge is 2.04. The molecule has 3 nitrogen and oxygen atoms in total. The summed E-state index contributed by atoms with van der Waals surface area (Å²) in [7, 11) is 0. The van der Waals surface area contributed by atoms with E-state index in [1.165, 1.54) is 5.56 Å². The molecular weight excluding hydrogens is 188 g/mol. The first-order valence-electron chi connectivity index (χ1n) is 5.16. The quantitative estimate of drug-likeness (QED) is 0.781. The van der Waals surface area contributed by atoms with Gasteiger partial charge < -0.3 is 11.1 Å². The van der Waals surface area contributed by atoms with Crippen LogP contribution in [0.1, 0.15) is 24.5 Å². The van der Waals surface area contributed by atoms with Gasteiger partial charge in [0.15, 0.2) is 0 Å². The summed E-state index contributed by atoms with van der Waals surface area (Å²) >= 11 is 0. The Hall–Kier alpha value is -1.35. The molecule has 0 spiro atoms. The Labute approximate surface area is 90.7 Å². The molecule has 1 atom stereocenters. The van der Waals surface area contributed by atoms with Crippen molar-refractivity contribution in [2.24, 2.45) is 5.73 Å². The maximum Gasteiger partial charge on any atom is 0.221 e. The lowest BCUT2D eigenvalue weighted by Crippen LogP contribution is -2.29. The van der Waals surface area contributed by atoms with Gasteiger partial charge in [0.05, 0.1) is 0 Å². The van der Waals surface area contributed by atoms with E-state index in [1.807, 2.05) is 32.0 Å². The Balaban J connectivity index is 2.40. The predicted octanol–water partition coefficient (Wildman–Crippen LogP) is 1.35. The molecule has 0 bridgehead atoms. The van der Waals surface area contributed by atoms with Crippen LogP contribution >= 0.6 is 0 Å². The second-order valence-corrected chi connectivity index (χ2v) is 3.95. The van der Waals surface area contributed by atoms with Crippen LogP contribution in [0.4, 0.5) is 0 Å². The van der Waals surface area contributed by atoms with Crippen LogP contribution in [-0.2, 0) is 11.3 Å². The van der Waals surface area contributed by atoms with Gasteiger partial charge in [-0.3, -0.25) is 4.79 Å². The third-order valence-corrected chi connectivity index (χ3v) is 2.08. The molecule has 1 aromatic carbocycles. The number of carbonyl (C=O) groups is 1. The number of benzene rings is 1. The zero-order chi connectivity index (χ0) is 11.3. The average Bonchev–Trinajstić information content (AvgIpc) is 2.14. The molecule has 15 heavy (non-hydrogen) atoms. The van der Waals surface area contributed by atoms with Crippen molar-refractivity contribution in [2.75, 3.05) is 0 Å². The molecule has 1 aromatic rings. The monoisotopic (exact) mass is 206 g/mol. The van der Waals surface area contributed by atoms with Gasteiger partial charge in [-0.05, 0) is 19.4 Å². The van der Waals surface area contributed by atoms with E-state index in [9.17, 15) is 4.79 Å². The van der Waals surface area contributed by atoms with Crippen molar-refractivity contribution < 1.29 is 4.79 Å². The lowest BCUT2D eigenvalue weighted by atomic mass is 10.1. The van der Waals surface area contributed by atoms with Crippen molar-refractivity contribution in [1.29, 1.82) is 0 Å². The maximum absolute atomic E-state index is 11.3.